The molecule has 2 aromatic rings. The maximum absolute atomic E-state index is 13.9. The third-order valence-corrected chi connectivity index (χ3v) is 4.67. The minimum atomic E-state index is -1.26. The van der Waals surface area contributed by atoms with Gasteiger partial charge in [-0.2, -0.15) is 4.39 Å². The van der Waals surface area contributed by atoms with Gasteiger partial charge in [0, 0.05) is 11.8 Å². The van der Waals surface area contributed by atoms with E-state index in [4.69, 9.17) is 4.52 Å². The Kier molecular flexibility index (Phi) is 3.58. The smallest absolute Gasteiger partial charge is 0.207 e. The van der Waals surface area contributed by atoms with Crippen LogP contribution >= 0.6 is 11.8 Å². The molecular weight excluding hydrogens is 302 g/mol. The van der Waals surface area contributed by atoms with Crippen molar-refractivity contribution in [1.29, 1.82) is 0 Å². The van der Waals surface area contributed by atoms with Crippen LogP contribution in [0.15, 0.2) is 10.6 Å². The quantitative estimate of drug-likeness (QED) is 0.878. The van der Waals surface area contributed by atoms with Gasteiger partial charge in [0.25, 0.3) is 0 Å². The first-order chi connectivity index (χ1) is 10.1. The normalized spacial score (nSPS) is 22.2. The van der Waals surface area contributed by atoms with Crippen molar-refractivity contribution in [2.75, 3.05) is 10.7 Å². The van der Waals surface area contributed by atoms with Crippen molar-refractivity contribution in [3.8, 4) is 0 Å². The summed E-state index contributed by atoms with van der Waals surface area (Å²) in [5, 5.41) is 14.0. The number of carbonyl (C=O) groups excluding carboxylic acids is 1. The average Bonchev–Trinajstić information content (AvgIpc) is 3.05. The van der Waals surface area contributed by atoms with Gasteiger partial charge in [0.2, 0.25) is 11.4 Å². The number of aldehydes is 1. The Hall–Kier alpha value is -1.67. The molecule has 3 rings (SSSR count). The second-order valence-corrected chi connectivity index (χ2v) is 5.81. The predicted molar refractivity (Wildman–Crippen MR) is 74.3 cm³/mol. The lowest BCUT2D eigenvalue weighted by atomic mass is 10.1. The van der Waals surface area contributed by atoms with E-state index in [-0.39, 0.29) is 29.1 Å². The maximum atomic E-state index is 13.9. The SMILES string of the molecule is CC[C@H]1CSC(O)N1c1noc2c(F)c(F)c(C=O)cc12. The fourth-order valence-corrected chi connectivity index (χ4v) is 3.65. The van der Waals surface area contributed by atoms with E-state index in [1.54, 1.807) is 4.90 Å². The molecular formula is C13H12F2N2O3S. The van der Waals surface area contributed by atoms with Crippen LogP contribution in [0.1, 0.15) is 23.7 Å². The molecule has 1 saturated heterocycles. The summed E-state index contributed by atoms with van der Waals surface area (Å²) in [5.74, 6) is -1.60. The van der Waals surface area contributed by atoms with Crippen molar-refractivity contribution in [2.45, 2.75) is 24.9 Å². The summed E-state index contributed by atoms with van der Waals surface area (Å²) in [6, 6.07) is 1.20. The predicted octanol–water partition coefficient (Wildman–Crippen LogP) is 2.53. The van der Waals surface area contributed by atoms with Gasteiger partial charge >= 0.3 is 0 Å². The van der Waals surface area contributed by atoms with Gasteiger partial charge in [-0.3, -0.25) is 4.79 Å². The molecule has 112 valence electrons. The Morgan fingerprint density at radius 3 is 3.00 bits per heavy atom. The van der Waals surface area contributed by atoms with Crippen molar-refractivity contribution < 1.29 is 23.2 Å². The highest BCUT2D eigenvalue weighted by Crippen LogP contribution is 2.38. The molecule has 2 atom stereocenters. The average molecular weight is 314 g/mol. The zero-order chi connectivity index (χ0) is 15.1. The molecule has 0 saturated carbocycles. The second-order valence-electron chi connectivity index (χ2n) is 4.72. The lowest BCUT2D eigenvalue weighted by Gasteiger charge is -2.25. The number of benzene rings is 1. The molecule has 0 bridgehead atoms. The third kappa shape index (κ3) is 2.09. The van der Waals surface area contributed by atoms with Crippen LogP contribution in [-0.2, 0) is 0 Å². The first kappa shape index (κ1) is 14.3. The van der Waals surface area contributed by atoms with Crippen LogP contribution in [0.2, 0.25) is 0 Å². The minimum Gasteiger partial charge on any atom is -0.364 e. The number of hydrogen-bond acceptors (Lipinski definition) is 6. The molecule has 8 heteroatoms. The van der Waals surface area contributed by atoms with E-state index < -0.39 is 22.8 Å². The molecule has 1 aliphatic heterocycles. The summed E-state index contributed by atoms with van der Waals surface area (Å²) in [5.41, 5.74) is -1.60. The largest absolute Gasteiger partial charge is 0.364 e. The number of thioether (sulfide) groups is 1. The monoisotopic (exact) mass is 314 g/mol. The summed E-state index contributed by atoms with van der Waals surface area (Å²) in [7, 11) is 0. The summed E-state index contributed by atoms with van der Waals surface area (Å²) in [6.45, 7) is 1.95. The first-order valence-corrected chi connectivity index (χ1v) is 7.43. The first-order valence-electron chi connectivity index (χ1n) is 6.39. The number of rotatable bonds is 3. The van der Waals surface area contributed by atoms with Gasteiger partial charge < -0.3 is 14.5 Å². The zero-order valence-electron chi connectivity index (χ0n) is 11.0. The van der Waals surface area contributed by atoms with E-state index in [0.29, 0.717) is 5.75 Å². The zero-order valence-corrected chi connectivity index (χ0v) is 11.9. The van der Waals surface area contributed by atoms with Gasteiger partial charge in [-0.25, -0.2) is 4.39 Å². The van der Waals surface area contributed by atoms with Crippen LogP contribution in [0.25, 0.3) is 11.0 Å². The fourth-order valence-electron chi connectivity index (χ4n) is 2.42. The van der Waals surface area contributed by atoms with Crippen molar-refractivity contribution in [3.63, 3.8) is 0 Å². The van der Waals surface area contributed by atoms with E-state index in [2.05, 4.69) is 5.16 Å². The number of hydrogen-bond donors (Lipinski definition) is 1. The number of aliphatic hydroxyl groups is 1. The summed E-state index contributed by atoms with van der Waals surface area (Å²) in [6.07, 6.45) is 0.990. The molecule has 1 aromatic heterocycles. The van der Waals surface area contributed by atoms with Crippen LogP contribution in [0.3, 0.4) is 0 Å². The molecule has 1 unspecified atom stereocenters. The topological polar surface area (TPSA) is 66.6 Å². The molecule has 0 amide bonds. The second kappa shape index (κ2) is 5.27. The number of aliphatic hydroxyl groups excluding tert-OH is 1. The van der Waals surface area contributed by atoms with Gasteiger partial charge in [0.15, 0.2) is 23.5 Å². The molecule has 0 radical (unpaired) electrons. The van der Waals surface area contributed by atoms with E-state index in [9.17, 15) is 18.7 Å². The minimum absolute atomic E-state index is 0.00564. The van der Waals surface area contributed by atoms with Gasteiger partial charge in [-0.1, -0.05) is 12.1 Å². The van der Waals surface area contributed by atoms with E-state index >= 15 is 0 Å². The molecule has 2 heterocycles. The highest BCUT2D eigenvalue weighted by atomic mass is 32.2. The molecule has 1 fully saturated rings. The molecule has 1 N–H and O–H groups in total. The summed E-state index contributed by atoms with van der Waals surface area (Å²) >= 11 is 1.32. The maximum Gasteiger partial charge on any atom is 0.207 e. The summed E-state index contributed by atoms with van der Waals surface area (Å²) in [4.78, 5) is 12.4. The van der Waals surface area contributed by atoms with Crippen LogP contribution in [-0.4, -0.2) is 33.9 Å². The Labute approximate surface area is 122 Å². The molecule has 0 aliphatic carbocycles. The number of halogens is 2. The number of carbonyl (C=O) groups is 1. The van der Waals surface area contributed by atoms with Gasteiger partial charge in [-0.15, -0.1) is 11.8 Å². The van der Waals surface area contributed by atoms with Gasteiger partial charge in [0.1, 0.15) is 0 Å². The van der Waals surface area contributed by atoms with Crippen LogP contribution < -0.4 is 4.90 Å². The highest BCUT2D eigenvalue weighted by molar-refractivity contribution is 8.00. The number of aromatic nitrogens is 1. The van der Waals surface area contributed by atoms with Crippen molar-refractivity contribution in [1.82, 2.24) is 5.16 Å². The fraction of sp³-hybridized carbons (Fsp3) is 0.385. The van der Waals surface area contributed by atoms with Crippen LogP contribution in [0.5, 0.6) is 0 Å². The van der Waals surface area contributed by atoms with Crippen molar-refractivity contribution >= 4 is 34.8 Å². The third-order valence-electron chi connectivity index (χ3n) is 3.57. The van der Waals surface area contributed by atoms with Crippen LogP contribution in [0, 0.1) is 11.6 Å². The molecule has 0 spiro atoms. The molecule has 1 aromatic carbocycles. The van der Waals surface area contributed by atoms with E-state index in [1.165, 1.54) is 17.8 Å². The Morgan fingerprint density at radius 1 is 1.57 bits per heavy atom. The van der Waals surface area contributed by atoms with Gasteiger partial charge in [-0.05, 0) is 12.5 Å². The van der Waals surface area contributed by atoms with E-state index in [0.717, 1.165) is 6.42 Å². The Bertz CT molecular complexity index is 706. The lowest BCUT2D eigenvalue weighted by molar-refractivity contribution is 0.111. The van der Waals surface area contributed by atoms with E-state index in [1.807, 2.05) is 6.92 Å². The van der Waals surface area contributed by atoms with Gasteiger partial charge in [0.05, 0.1) is 10.9 Å². The molecule has 5 nitrogen and oxygen atoms in total. The Balaban J connectivity index is 2.20. The highest BCUT2D eigenvalue weighted by Gasteiger charge is 2.35. The molecule has 21 heavy (non-hydrogen) atoms. The number of anilines is 1. The lowest BCUT2D eigenvalue weighted by Crippen LogP contribution is -2.36. The van der Waals surface area contributed by atoms with Crippen LogP contribution in [0.4, 0.5) is 14.6 Å². The standard InChI is InChI=1S/C13H12F2N2O3S/c1-2-7-5-21-13(19)17(7)12-8-3-6(4-18)9(14)10(15)11(8)20-16-12/h3-4,7,13,19H,2,5H2,1H3/t7-,13?/m0/s1. The number of fused-ring (bicyclic) bond motifs is 1. The summed E-state index contributed by atoms with van der Waals surface area (Å²) < 4.78 is 32.3. The van der Waals surface area contributed by atoms with Crippen molar-refractivity contribution in [2.24, 2.45) is 0 Å². The van der Waals surface area contributed by atoms with Crippen molar-refractivity contribution in [3.05, 3.63) is 23.3 Å². The Morgan fingerprint density at radius 2 is 2.33 bits per heavy atom. The molecule has 1 aliphatic rings. The number of nitrogens with zero attached hydrogens (tertiary/aromatic N) is 2.